The van der Waals surface area contributed by atoms with Crippen molar-refractivity contribution in [3.05, 3.63) is 87.7 Å². The second kappa shape index (κ2) is 7.08. The lowest BCUT2D eigenvalue weighted by molar-refractivity contribution is -0.384. The van der Waals surface area contributed by atoms with Crippen LogP contribution in [0.5, 0.6) is 0 Å². The van der Waals surface area contributed by atoms with E-state index in [1.807, 2.05) is 13.0 Å². The molecule has 3 aromatic rings. The quantitative estimate of drug-likeness (QED) is 0.317. The van der Waals surface area contributed by atoms with E-state index in [4.69, 9.17) is 4.42 Å². The fourth-order valence-corrected chi connectivity index (χ4v) is 3.02. The number of hydrogen-bond donors (Lipinski definition) is 1. The molecule has 2 heterocycles. The van der Waals surface area contributed by atoms with Crippen LogP contribution in [-0.2, 0) is 9.59 Å². The van der Waals surface area contributed by atoms with Gasteiger partial charge in [0.25, 0.3) is 17.5 Å². The van der Waals surface area contributed by atoms with Crippen molar-refractivity contribution in [3.63, 3.8) is 0 Å². The summed E-state index contributed by atoms with van der Waals surface area (Å²) in [5.74, 6) is -0.336. The predicted octanol–water partition coefficient (Wildman–Crippen LogP) is 3.62. The number of rotatable bonds is 4. The molecule has 1 aliphatic rings. The molecule has 0 atom stereocenters. The van der Waals surface area contributed by atoms with E-state index < -0.39 is 16.7 Å². The highest BCUT2D eigenvalue weighted by Crippen LogP contribution is 2.30. The van der Waals surface area contributed by atoms with Crippen molar-refractivity contribution < 1.29 is 18.9 Å². The van der Waals surface area contributed by atoms with Crippen LogP contribution in [0.3, 0.4) is 0 Å². The summed E-state index contributed by atoms with van der Waals surface area (Å²) < 4.78 is 5.74. The Labute approximate surface area is 165 Å². The number of non-ortho nitro benzene ring substituents is 1. The zero-order valence-electron chi connectivity index (χ0n) is 15.3. The van der Waals surface area contributed by atoms with Gasteiger partial charge in [0.15, 0.2) is 0 Å². The van der Waals surface area contributed by atoms with Crippen molar-refractivity contribution in [1.82, 2.24) is 5.43 Å². The molecule has 8 nitrogen and oxygen atoms in total. The molecule has 4 rings (SSSR count). The molecule has 0 aliphatic carbocycles. The Morgan fingerprint density at radius 1 is 1.07 bits per heavy atom. The molecular formula is C21H15N3O5. The van der Waals surface area contributed by atoms with Crippen molar-refractivity contribution in [3.8, 4) is 11.3 Å². The Kier molecular flexibility index (Phi) is 4.44. The summed E-state index contributed by atoms with van der Waals surface area (Å²) in [4.78, 5) is 35.4. The normalized spacial score (nSPS) is 15.1. The van der Waals surface area contributed by atoms with Gasteiger partial charge < -0.3 is 4.42 Å². The summed E-state index contributed by atoms with van der Waals surface area (Å²) in [7, 11) is 0. The maximum atomic E-state index is 12.6. The molecule has 1 aromatic heterocycles. The molecule has 29 heavy (non-hydrogen) atoms. The predicted molar refractivity (Wildman–Crippen MR) is 106 cm³/mol. The molecule has 1 N–H and O–H groups in total. The number of nitrogens with zero attached hydrogens (tertiary/aromatic N) is 2. The molecule has 1 fully saturated rings. The minimum Gasteiger partial charge on any atom is -0.457 e. The molecule has 144 valence electrons. The Morgan fingerprint density at radius 3 is 2.55 bits per heavy atom. The first kappa shape index (κ1) is 18.2. The third-order valence-electron chi connectivity index (χ3n) is 4.52. The third kappa shape index (κ3) is 3.39. The van der Waals surface area contributed by atoms with E-state index in [0.717, 1.165) is 5.56 Å². The molecule has 0 bridgehead atoms. The zero-order valence-corrected chi connectivity index (χ0v) is 15.3. The number of nitro benzene ring substituents is 1. The number of hydrazine groups is 1. The van der Waals surface area contributed by atoms with Crippen LogP contribution in [-0.4, -0.2) is 16.7 Å². The molecular weight excluding hydrogens is 374 g/mol. The molecule has 1 aliphatic heterocycles. The first-order valence-electron chi connectivity index (χ1n) is 8.71. The van der Waals surface area contributed by atoms with E-state index in [1.165, 1.54) is 23.2 Å². The van der Waals surface area contributed by atoms with Gasteiger partial charge >= 0.3 is 0 Å². The summed E-state index contributed by atoms with van der Waals surface area (Å²) in [5, 5.41) is 12.2. The van der Waals surface area contributed by atoms with Crippen LogP contribution >= 0.6 is 0 Å². The average Bonchev–Trinajstić information content (AvgIpc) is 3.29. The molecule has 2 amide bonds. The summed E-state index contributed by atoms with van der Waals surface area (Å²) in [6.07, 6.45) is 1.36. The van der Waals surface area contributed by atoms with E-state index in [0.29, 0.717) is 22.8 Å². The maximum Gasteiger partial charge on any atom is 0.282 e. The Bertz CT molecular complexity index is 1160. The van der Waals surface area contributed by atoms with Crippen molar-refractivity contribution in [2.24, 2.45) is 0 Å². The second-order valence-corrected chi connectivity index (χ2v) is 6.43. The number of anilines is 1. The first-order chi connectivity index (χ1) is 13.9. The minimum atomic E-state index is -0.539. The van der Waals surface area contributed by atoms with Crippen LogP contribution in [0.25, 0.3) is 17.4 Å². The van der Waals surface area contributed by atoms with Crippen LogP contribution in [0.1, 0.15) is 11.3 Å². The summed E-state index contributed by atoms with van der Waals surface area (Å²) in [6, 6.07) is 16.5. The number of carbonyl (C=O) groups excluding carboxylic acids is 2. The third-order valence-corrected chi connectivity index (χ3v) is 4.52. The monoisotopic (exact) mass is 389 g/mol. The van der Waals surface area contributed by atoms with Crippen LogP contribution in [0.2, 0.25) is 0 Å². The molecule has 8 heteroatoms. The summed E-state index contributed by atoms with van der Waals surface area (Å²) >= 11 is 0. The van der Waals surface area contributed by atoms with E-state index in [9.17, 15) is 19.7 Å². The summed E-state index contributed by atoms with van der Waals surface area (Å²) in [5.41, 5.74) is 4.31. The highest BCUT2D eigenvalue weighted by atomic mass is 16.6. The largest absolute Gasteiger partial charge is 0.457 e. The number of para-hydroxylation sites is 1. The van der Waals surface area contributed by atoms with Crippen molar-refractivity contribution in [2.45, 2.75) is 6.92 Å². The van der Waals surface area contributed by atoms with Crippen LogP contribution in [0.15, 0.2) is 70.7 Å². The van der Waals surface area contributed by atoms with Gasteiger partial charge in [0.2, 0.25) is 0 Å². The number of amides is 2. The van der Waals surface area contributed by atoms with Crippen molar-refractivity contribution >= 4 is 29.3 Å². The molecule has 1 saturated heterocycles. The number of aryl methyl sites for hydroxylation is 1. The van der Waals surface area contributed by atoms with Gasteiger partial charge in [0.1, 0.15) is 17.1 Å². The smallest absolute Gasteiger partial charge is 0.282 e. The SMILES string of the molecule is Cc1ccc([N+](=O)[O-])cc1-c1ccc(C=C2C(=O)NN(c3ccccc3)C2=O)o1. The highest BCUT2D eigenvalue weighted by molar-refractivity contribution is 6.31. The number of nitro groups is 1. The van der Waals surface area contributed by atoms with Gasteiger partial charge in [0, 0.05) is 17.7 Å². The van der Waals surface area contributed by atoms with Gasteiger partial charge in [-0.25, -0.2) is 5.01 Å². The lowest BCUT2D eigenvalue weighted by Crippen LogP contribution is -2.35. The Morgan fingerprint density at radius 2 is 1.83 bits per heavy atom. The lowest BCUT2D eigenvalue weighted by atomic mass is 10.1. The Hall–Kier alpha value is -4.20. The fourth-order valence-electron chi connectivity index (χ4n) is 3.02. The van der Waals surface area contributed by atoms with E-state index in [1.54, 1.807) is 42.5 Å². The Balaban J connectivity index is 1.65. The fraction of sp³-hybridized carbons (Fsp3) is 0.0476. The number of carbonyl (C=O) groups is 2. The first-order valence-corrected chi connectivity index (χ1v) is 8.71. The topological polar surface area (TPSA) is 106 Å². The van der Waals surface area contributed by atoms with E-state index >= 15 is 0 Å². The highest BCUT2D eigenvalue weighted by Gasteiger charge is 2.34. The van der Waals surface area contributed by atoms with Crippen molar-refractivity contribution in [2.75, 3.05) is 5.01 Å². The van der Waals surface area contributed by atoms with Crippen LogP contribution < -0.4 is 10.4 Å². The van der Waals surface area contributed by atoms with E-state index in [-0.39, 0.29) is 11.3 Å². The number of furan rings is 1. The lowest BCUT2D eigenvalue weighted by Gasteiger charge is -2.13. The van der Waals surface area contributed by atoms with E-state index in [2.05, 4.69) is 5.43 Å². The van der Waals surface area contributed by atoms with Gasteiger partial charge in [-0.15, -0.1) is 0 Å². The number of nitrogens with one attached hydrogen (secondary N) is 1. The zero-order chi connectivity index (χ0) is 20.5. The van der Waals surface area contributed by atoms with Gasteiger partial charge in [0.05, 0.1) is 10.6 Å². The molecule has 2 aromatic carbocycles. The van der Waals surface area contributed by atoms with Crippen LogP contribution in [0, 0.1) is 17.0 Å². The summed E-state index contributed by atoms with van der Waals surface area (Å²) in [6.45, 7) is 1.81. The van der Waals surface area contributed by atoms with Gasteiger partial charge in [-0.3, -0.25) is 25.1 Å². The van der Waals surface area contributed by atoms with Crippen molar-refractivity contribution in [1.29, 1.82) is 0 Å². The second-order valence-electron chi connectivity index (χ2n) is 6.43. The average molecular weight is 389 g/mol. The van der Waals surface area contributed by atoms with Gasteiger partial charge in [-0.05, 0) is 42.8 Å². The molecule has 0 saturated carbocycles. The maximum absolute atomic E-state index is 12.6. The molecule has 0 radical (unpaired) electrons. The molecule has 0 spiro atoms. The molecule has 0 unspecified atom stereocenters. The standard InChI is InChI=1S/C21H15N3O5/c1-13-7-8-15(24(27)28)11-17(13)19-10-9-16(29-19)12-18-20(25)22-23(21(18)26)14-5-3-2-4-6-14/h2-12H,1H3,(H,22,25). The van der Waals surface area contributed by atoms with Gasteiger partial charge in [-0.1, -0.05) is 24.3 Å². The number of hydrogen-bond acceptors (Lipinski definition) is 5. The number of benzene rings is 2. The van der Waals surface area contributed by atoms with Crippen LogP contribution in [0.4, 0.5) is 11.4 Å². The minimum absolute atomic E-state index is 0.0502. The van der Waals surface area contributed by atoms with Gasteiger partial charge in [-0.2, -0.15) is 0 Å².